The molecule has 0 aliphatic heterocycles. The van der Waals surface area contributed by atoms with Crippen LogP contribution in [0.15, 0.2) is 54.8 Å². The molecule has 0 saturated heterocycles. The molecule has 132 valence electrons. The van der Waals surface area contributed by atoms with Gasteiger partial charge in [-0.15, -0.1) is 6.58 Å². The van der Waals surface area contributed by atoms with E-state index in [0.29, 0.717) is 6.54 Å². The minimum atomic E-state index is 0.107. The Kier molecular flexibility index (Phi) is 7.04. The standard InChI is InChI=1S/C22H34N2/c1-8-9-11-19(12-10-13-23)24-20-15-17(21(2,3)4)14-18(16-20)22(5,6)7/h8,10-12,14-16,24H,1,9,13,23H2,2-7H3/b12-10-,19-11+. The molecule has 24 heavy (non-hydrogen) atoms. The van der Waals surface area contributed by atoms with E-state index in [-0.39, 0.29) is 10.8 Å². The molecule has 0 heterocycles. The largest absolute Gasteiger partial charge is 0.356 e. The predicted molar refractivity (Wildman–Crippen MR) is 109 cm³/mol. The molecular weight excluding hydrogens is 292 g/mol. The average molecular weight is 327 g/mol. The Morgan fingerprint density at radius 3 is 2.00 bits per heavy atom. The van der Waals surface area contributed by atoms with Gasteiger partial charge in [-0.2, -0.15) is 0 Å². The Hall–Kier alpha value is -1.80. The van der Waals surface area contributed by atoms with E-state index in [4.69, 9.17) is 5.73 Å². The topological polar surface area (TPSA) is 38.0 Å². The molecule has 0 saturated carbocycles. The highest BCUT2D eigenvalue weighted by atomic mass is 14.9. The molecule has 0 aliphatic carbocycles. The first kappa shape index (κ1) is 20.2. The molecule has 3 N–H and O–H groups in total. The summed E-state index contributed by atoms with van der Waals surface area (Å²) in [5, 5.41) is 3.54. The average Bonchev–Trinajstić information content (AvgIpc) is 2.48. The van der Waals surface area contributed by atoms with E-state index < -0.39 is 0 Å². The van der Waals surface area contributed by atoms with Crippen molar-refractivity contribution in [2.75, 3.05) is 11.9 Å². The summed E-state index contributed by atoms with van der Waals surface area (Å²) < 4.78 is 0. The molecular formula is C22H34N2. The number of hydrogen-bond donors (Lipinski definition) is 2. The first-order valence-corrected chi connectivity index (χ1v) is 8.68. The van der Waals surface area contributed by atoms with E-state index in [1.807, 2.05) is 18.2 Å². The van der Waals surface area contributed by atoms with Gasteiger partial charge in [-0.3, -0.25) is 0 Å². The van der Waals surface area contributed by atoms with Gasteiger partial charge in [0.2, 0.25) is 0 Å². The van der Waals surface area contributed by atoms with E-state index in [0.717, 1.165) is 17.8 Å². The lowest BCUT2D eigenvalue weighted by atomic mass is 9.80. The summed E-state index contributed by atoms with van der Waals surface area (Å²) >= 11 is 0. The van der Waals surface area contributed by atoms with Crippen molar-refractivity contribution in [1.82, 2.24) is 0 Å². The van der Waals surface area contributed by atoms with Gasteiger partial charge in [-0.05, 0) is 46.6 Å². The second kappa shape index (κ2) is 8.34. The molecule has 0 radical (unpaired) electrons. The van der Waals surface area contributed by atoms with Crippen LogP contribution in [0.5, 0.6) is 0 Å². The molecule has 0 aliphatic rings. The number of nitrogens with one attached hydrogen (secondary N) is 1. The van der Waals surface area contributed by atoms with Crippen LogP contribution in [0.1, 0.15) is 59.1 Å². The zero-order chi connectivity index (χ0) is 18.4. The van der Waals surface area contributed by atoms with Crippen LogP contribution in [0.2, 0.25) is 0 Å². The number of nitrogens with two attached hydrogens (primary N) is 1. The lowest BCUT2D eigenvalue weighted by molar-refractivity contribution is 0.569. The molecule has 0 bridgehead atoms. The van der Waals surface area contributed by atoms with Crippen LogP contribution < -0.4 is 11.1 Å². The third-order valence-electron chi connectivity index (χ3n) is 3.89. The fraction of sp³-hybridized carbons (Fsp3) is 0.455. The molecule has 2 nitrogen and oxygen atoms in total. The number of rotatable bonds is 6. The lowest BCUT2D eigenvalue weighted by Crippen LogP contribution is -2.17. The maximum atomic E-state index is 5.60. The van der Waals surface area contributed by atoms with Gasteiger partial charge in [0.05, 0.1) is 0 Å². The summed E-state index contributed by atoms with van der Waals surface area (Å²) in [5.74, 6) is 0. The van der Waals surface area contributed by atoms with E-state index in [2.05, 4.69) is 77.7 Å². The van der Waals surface area contributed by atoms with Gasteiger partial charge in [0, 0.05) is 17.9 Å². The van der Waals surface area contributed by atoms with Crippen molar-refractivity contribution in [3.63, 3.8) is 0 Å². The summed E-state index contributed by atoms with van der Waals surface area (Å²) in [6.45, 7) is 17.8. The Morgan fingerprint density at radius 2 is 1.58 bits per heavy atom. The molecule has 1 aromatic rings. The Labute approximate surface area is 148 Å². The first-order chi connectivity index (χ1) is 11.1. The van der Waals surface area contributed by atoms with Crippen LogP contribution >= 0.6 is 0 Å². The quantitative estimate of drug-likeness (QED) is 0.522. The highest BCUT2D eigenvalue weighted by Crippen LogP contribution is 2.32. The van der Waals surface area contributed by atoms with Crippen LogP contribution in [-0.4, -0.2) is 6.54 Å². The predicted octanol–water partition coefficient (Wildman–Crippen LogP) is 5.67. The number of hydrogen-bond acceptors (Lipinski definition) is 2. The summed E-state index contributed by atoms with van der Waals surface area (Å²) in [6, 6.07) is 6.81. The number of anilines is 1. The van der Waals surface area contributed by atoms with E-state index >= 15 is 0 Å². The van der Waals surface area contributed by atoms with Gasteiger partial charge in [0.1, 0.15) is 0 Å². The van der Waals surface area contributed by atoms with Crippen molar-refractivity contribution < 1.29 is 0 Å². The third kappa shape index (κ3) is 6.37. The summed E-state index contributed by atoms with van der Waals surface area (Å²) in [7, 11) is 0. The van der Waals surface area contributed by atoms with Gasteiger partial charge in [0.25, 0.3) is 0 Å². The summed E-state index contributed by atoms with van der Waals surface area (Å²) in [6.07, 6.45) is 8.83. The van der Waals surface area contributed by atoms with Crippen LogP contribution in [-0.2, 0) is 10.8 Å². The van der Waals surface area contributed by atoms with Crippen molar-refractivity contribution in [3.8, 4) is 0 Å². The fourth-order valence-corrected chi connectivity index (χ4v) is 2.30. The van der Waals surface area contributed by atoms with E-state index in [9.17, 15) is 0 Å². The maximum Gasteiger partial charge on any atom is 0.0390 e. The van der Waals surface area contributed by atoms with Crippen molar-refractivity contribution in [2.45, 2.75) is 58.8 Å². The van der Waals surface area contributed by atoms with Crippen LogP contribution in [0, 0.1) is 0 Å². The number of allylic oxidation sites excluding steroid dienone is 3. The lowest BCUT2D eigenvalue weighted by Gasteiger charge is -2.26. The van der Waals surface area contributed by atoms with Gasteiger partial charge >= 0.3 is 0 Å². The Bertz CT molecular complexity index is 576. The Balaban J connectivity index is 3.30. The highest BCUT2D eigenvalue weighted by molar-refractivity contribution is 5.56. The maximum absolute atomic E-state index is 5.60. The van der Waals surface area contributed by atoms with E-state index in [1.54, 1.807) is 0 Å². The second-order valence-corrected chi connectivity index (χ2v) is 8.25. The monoisotopic (exact) mass is 326 g/mol. The molecule has 0 atom stereocenters. The molecule has 1 aromatic carbocycles. The zero-order valence-corrected chi connectivity index (χ0v) is 16.2. The van der Waals surface area contributed by atoms with Crippen LogP contribution in [0.4, 0.5) is 5.69 Å². The summed E-state index contributed by atoms with van der Waals surface area (Å²) in [5.41, 5.74) is 10.6. The minimum absolute atomic E-state index is 0.107. The SMILES string of the molecule is C=CC/C=C(\C=C/CN)Nc1cc(C(C)(C)C)cc(C(C)(C)C)c1. The van der Waals surface area contributed by atoms with Crippen molar-refractivity contribution in [2.24, 2.45) is 5.73 Å². The minimum Gasteiger partial charge on any atom is -0.356 e. The van der Waals surface area contributed by atoms with Gasteiger partial charge in [-0.1, -0.05) is 65.8 Å². The highest BCUT2D eigenvalue weighted by Gasteiger charge is 2.20. The third-order valence-corrected chi connectivity index (χ3v) is 3.89. The molecule has 2 heteroatoms. The zero-order valence-electron chi connectivity index (χ0n) is 16.2. The van der Waals surface area contributed by atoms with Crippen molar-refractivity contribution in [3.05, 3.63) is 65.9 Å². The molecule has 0 spiro atoms. The molecule has 0 unspecified atom stereocenters. The number of benzene rings is 1. The second-order valence-electron chi connectivity index (χ2n) is 8.25. The first-order valence-electron chi connectivity index (χ1n) is 8.68. The van der Waals surface area contributed by atoms with Gasteiger partial charge in [0.15, 0.2) is 0 Å². The van der Waals surface area contributed by atoms with E-state index in [1.165, 1.54) is 11.1 Å². The van der Waals surface area contributed by atoms with Crippen LogP contribution in [0.3, 0.4) is 0 Å². The molecule has 0 aromatic heterocycles. The van der Waals surface area contributed by atoms with Crippen molar-refractivity contribution in [1.29, 1.82) is 0 Å². The molecule has 1 rings (SSSR count). The smallest absolute Gasteiger partial charge is 0.0390 e. The van der Waals surface area contributed by atoms with Crippen molar-refractivity contribution >= 4 is 5.69 Å². The Morgan fingerprint density at radius 1 is 1.04 bits per heavy atom. The molecule has 0 amide bonds. The van der Waals surface area contributed by atoms with Gasteiger partial charge < -0.3 is 11.1 Å². The van der Waals surface area contributed by atoms with Gasteiger partial charge in [-0.25, -0.2) is 0 Å². The normalized spacial score (nSPS) is 13.4. The fourth-order valence-electron chi connectivity index (χ4n) is 2.30. The van der Waals surface area contributed by atoms with Crippen LogP contribution in [0.25, 0.3) is 0 Å². The summed E-state index contributed by atoms with van der Waals surface area (Å²) in [4.78, 5) is 0. The molecule has 0 fully saturated rings.